The van der Waals surface area contributed by atoms with Crippen molar-refractivity contribution < 1.29 is 4.79 Å². The first-order valence-electron chi connectivity index (χ1n) is 4.92. The van der Waals surface area contributed by atoms with Crippen molar-refractivity contribution in [2.45, 2.75) is 12.3 Å². The van der Waals surface area contributed by atoms with E-state index in [9.17, 15) is 4.79 Å². The van der Waals surface area contributed by atoms with E-state index in [0.717, 1.165) is 16.2 Å². The second-order valence-electron chi connectivity index (χ2n) is 3.54. The summed E-state index contributed by atoms with van der Waals surface area (Å²) in [7, 11) is 0. The van der Waals surface area contributed by atoms with Gasteiger partial charge in [0, 0.05) is 17.6 Å². The number of nitrogens with one attached hydrogen (secondary N) is 1. The molecule has 0 radical (unpaired) electrons. The van der Waals surface area contributed by atoms with Gasteiger partial charge in [0.15, 0.2) is 0 Å². The molecule has 1 heterocycles. The van der Waals surface area contributed by atoms with E-state index in [1.54, 1.807) is 0 Å². The normalized spacial score (nSPS) is 10.4. The highest BCUT2D eigenvalue weighted by molar-refractivity contribution is 9.08. The maximum absolute atomic E-state index is 10.9. The van der Waals surface area contributed by atoms with Crippen LogP contribution in [0.1, 0.15) is 12.5 Å². The molecule has 0 aliphatic carbocycles. The highest BCUT2D eigenvalue weighted by atomic mass is 79.9. The van der Waals surface area contributed by atoms with Gasteiger partial charge < -0.3 is 5.32 Å². The number of aromatic nitrogens is 1. The van der Waals surface area contributed by atoms with Crippen LogP contribution in [0, 0.1) is 0 Å². The van der Waals surface area contributed by atoms with Gasteiger partial charge in [-0.05, 0) is 29.8 Å². The number of carbonyl (C=O) groups is 1. The number of alkyl halides is 1. The predicted octanol–water partition coefficient (Wildman–Crippen LogP) is 3.09. The lowest BCUT2D eigenvalue weighted by atomic mass is 10.1. The minimum atomic E-state index is -0.107. The number of benzene rings is 1. The maximum Gasteiger partial charge on any atom is 0.222 e. The van der Waals surface area contributed by atoms with Crippen LogP contribution in [0.2, 0.25) is 0 Å². The minimum absolute atomic E-state index is 0.107. The molecular weight excluding hydrogens is 268 g/mol. The van der Waals surface area contributed by atoms with Crippen molar-refractivity contribution in [3.8, 4) is 0 Å². The van der Waals surface area contributed by atoms with Crippen LogP contribution < -0.4 is 5.32 Å². The molecule has 0 aliphatic heterocycles. The summed E-state index contributed by atoms with van der Waals surface area (Å²) in [5.74, 6) is 0.482. The molecule has 0 atom stereocenters. The highest BCUT2D eigenvalue weighted by Crippen LogP contribution is 2.18. The summed E-state index contributed by atoms with van der Waals surface area (Å²) >= 11 is 3.41. The van der Waals surface area contributed by atoms with Crippen LogP contribution in [0.5, 0.6) is 0 Å². The summed E-state index contributed by atoms with van der Waals surface area (Å²) in [5, 5.41) is 4.57. The summed E-state index contributed by atoms with van der Waals surface area (Å²) in [6, 6.07) is 9.81. The zero-order chi connectivity index (χ0) is 11.5. The molecule has 0 bridgehead atoms. The molecule has 3 nitrogen and oxygen atoms in total. The SMILES string of the molecule is CC(=O)Nc1ccc2cc(CBr)ccc2n1. The van der Waals surface area contributed by atoms with E-state index in [0.29, 0.717) is 5.82 Å². The van der Waals surface area contributed by atoms with Crippen molar-refractivity contribution in [2.24, 2.45) is 0 Å². The van der Waals surface area contributed by atoms with Crippen LogP contribution in [0.15, 0.2) is 30.3 Å². The summed E-state index contributed by atoms with van der Waals surface area (Å²) in [5.41, 5.74) is 2.09. The molecule has 0 fully saturated rings. The van der Waals surface area contributed by atoms with Gasteiger partial charge in [-0.3, -0.25) is 4.79 Å². The highest BCUT2D eigenvalue weighted by Gasteiger charge is 2.00. The van der Waals surface area contributed by atoms with Gasteiger partial charge in [0.1, 0.15) is 5.82 Å². The fourth-order valence-corrected chi connectivity index (χ4v) is 1.86. The number of rotatable bonds is 2. The number of amides is 1. The van der Waals surface area contributed by atoms with Gasteiger partial charge >= 0.3 is 0 Å². The Balaban J connectivity index is 2.43. The molecular formula is C12H11BrN2O. The second-order valence-corrected chi connectivity index (χ2v) is 4.10. The van der Waals surface area contributed by atoms with Crippen LogP contribution >= 0.6 is 15.9 Å². The lowest BCUT2D eigenvalue weighted by Gasteiger charge is -2.04. The first-order chi connectivity index (χ1) is 7.69. The zero-order valence-electron chi connectivity index (χ0n) is 8.83. The smallest absolute Gasteiger partial charge is 0.222 e. The average Bonchev–Trinajstić information content (AvgIpc) is 2.27. The standard InChI is InChI=1S/C12H11BrN2O/c1-8(16)14-12-5-3-10-6-9(7-13)2-4-11(10)15-12/h2-6H,7H2,1H3,(H,14,15,16). The van der Waals surface area contributed by atoms with Gasteiger partial charge in [-0.25, -0.2) is 4.98 Å². The van der Waals surface area contributed by atoms with Gasteiger partial charge in [0.2, 0.25) is 5.91 Å². The number of halogens is 1. The Hall–Kier alpha value is -1.42. The molecule has 0 spiro atoms. The van der Waals surface area contributed by atoms with Crippen molar-refractivity contribution in [3.05, 3.63) is 35.9 Å². The second kappa shape index (κ2) is 4.61. The molecule has 4 heteroatoms. The zero-order valence-corrected chi connectivity index (χ0v) is 10.4. The predicted molar refractivity (Wildman–Crippen MR) is 68.7 cm³/mol. The molecule has 0 saturated heterocycles. The molecule has 16 heavy (non-hydrogen) atoms. The number of hydrogen-bond donors (Lipinski definition) is 1. The topological polar surface area (TPSA) is 42.0 Å². The molecule has 1 N–H and O–H groups in total. The number of pyridine rings is 1. The van der Waals surface area contributed by atoms with E-state index in [1.165, 1.54) is 12.5 Å². The molecule has 1 aromatic heterocycles. The van der Waals surface area contributed by atoms with Crippen LogP contribution in [0.3, 0.4) is 0 Å². The molecule has 82 valence electrons. The van der Waals surface area contributed by atoms with Crippen molar-refractivity contribution in [1.82, 2.24) is 4.98 Å². The molecule has 0 aliphatic rings. The Morgan fingerprint density at radius 2 is 2.19 bits per heavy atom. The molecule has 0 unspecified atom stereocenters. The lowest BCUT2D eigenvalue weighted by molar-refractivity contribution is -0.114. The number of nitrogens with zero attached hydrogens (tertiary/aromatic N) is 1. The molecule has 1 amide bonds. The lowest BCUT2D eigenvalue weighted by Crippen LogP contribution is -2.07. The molecule has 2 aromatic rings. The first-order valence-corrected chi connectivity index (χ1v) is 6.04. The number of carbonyl (C=O) groups excluding carboxylic acids is 1. The third kappa shape index (κ3) is 2.39. The van der Waals surface area contributed by atoms with Crippen LogP contribution in [-0.4, -0.2) is 10.9 Å². The van der Waals surface area contributed by atoms with E-state index < -0.39 is 0 Å². The van der Waals surface area contributed by atoms with E-state index >= 15 is 0 Å². The summed E-state index contributed by atoms with van der Waals surface area (Å²) in [6.45, 7) is 1.47. The maximum atomic E-state index is 10.9. The molecule has 0 saturated carbocycles. The minimum Gasteiger partial charge on any atom is -0.311 e. The Bertz CT molecular complexity index is 540. The average molecular weight is 279 g/mol. The number of fused-ring (bicyclic) bond motifs is 1. The Morgan fingerprint density at radius 3 is 2.88 bits per heavy atom. The molecule has 1 aromatic carbocycles. The van der Waals surface area contributed by atoms with Gasteiger partial charge in [0.25, 0.3) is 0 Å². The monoisotopic (exact) mass is 278 g/mol. The van der Waals surface area contributed by atoms with Gasteiger partial charge in [-0.1, -0.05) is 22.0 Å². The van der Waals surface area contributed by atoms with Crippen LogP contribution in [-0.2, 0) is 10.1 Å². The van der Waals surface area contributed by atoms with Crippen LogP contribution in [0.25, 0.3) is 10.9 Å². The molecule has 2 rings (SSSR count). The van der Waals surface area contributed by atoms with Crippen molar-refractivity contribution in [1.29, 1.82) is 0 Å². The van der Waals surface area contributed by atoms with Gasteiger partial charge in [-0.15, -0.1) is 0 Å². The first kappa shape index (κ1) is 11.1. The third-order valence-corrected chi connectivity index (χ3v) is 2.86. The summed E-state index contributed by atoms with van der Waals surface area (Å²) < 4.78 is 0. The number of anilines is 1. The van der Waals surface area contributed by atoms with Crippen molar-refractivity contribution in [2.75, 3.05) is 5.32 Å². The fourth-order valence-electron chi connectivity index (χ4n) is 1.51. The Labute approximate surface area is 102 Å². The van der Waals surface area contributed by atoms with Gasteiger partial charge in [-0.2, -0.15) is 0 Å². The van der Waals surface area contributed by atoms with E-state index in [2.05, 4.69) is 32.3 Å². The van der Waals surface area contributed by atoms with Crippen molar-refractivity contribution in [3.63, 3.8) is 0 Å². The third-order valence-electron chi connectivity index (χ3n) is 2.21. The number of hydrogen-bond acceptors (Lipinski definition) is 2. The largest absolute Gasteiger partial charge is 0.311 e. The van der Waals surface area contributed by atoms with Crippen molar-refractivity contribution >= 4 is 38.6 Å². The van der Waals surface area contributed by atoms with E-state index in [1.807, 2.05) is 24.3 Å². The summed E-state index contributed by atoms with van der Waals surface area (Å²) in [4.78, 5) is 15.2. The van der Waals surface area contributed by atoms with Crippen LogP contribution in [0.4, 0.5) is 5.82 Å². The van der Waals surface area contributed by atoms with E-state index in [4.69, 9.17) is 0 Å². The quantitative estimate of drug-likeness (QED) is 0.858. The van der Waals surface area contributed by atoms with Gasteiger partial charge in [0.05, 0.1) is 5.52 Å². The fraction of sp³-hybridized carbons (Fsp3) is 0.167. The summed E-state index contributed by atoms with van der Waals surface area (Å²) in [6.07, 6.45) is 0. The Morgan fingerprint density at radius 1 is 1.38 bits per heavy atom. The van der Waals surface area contributed by atoms with E-state index in [-0.39, 0.29) is 5.91 Å². The Kier molecular flexibility index (Phi) is 3.19.